The van der Waals surface area contributed by atoms with Crippen molar-refractivity contribution in [3.05, 3.63) is 32.9 Å². The van der Waals surface area contributed by atoms with Crippen LogP contribution in [0, 0.1) is 9.49 Å². The Morgan fingerprint density at radius 3 is 2.50 bits per heavy atom. The first-order valence-corrected chi connectivity index (χ1v) is 14.5. The molecule has 38 heavy (non-hydrogen) atoms. The van der Waals surface area contributed by atoms with E-state index in [0.717, 1.165) is 32.1 Å². The average molecular weight is 645 g/mol. The lowest BCUT2D eigenvalue weighted by atomic mass is 9.84. The summed E-state index contributed by atoms with van der Waals surface area (Å²) < 4.78 is 12.5. The SMILES string of the molecule is COc1cc(CO)cc(I)c1O[C@H]1C=C(C(=O)NCCO)C[C@@H](N(C(=O)CC(C)C)C2CCCCC2)[C@@H]1O. The molecule has 0 spiro atoms. The van der Waals surface area contributed by atoms with Gasteiger partial charge < -0.3 is 35.0 Å². The maximum Gasteiger partial charge on any atom is 0.247 e. The Hall–Kier alpha value is -1.89. The van der Waals surface area contributed by atoms with E-state index in [2.05, 4.69) is 27.9 Å². The van der Waals surface area contributed by atoms with E-state index >= 15 is 0 Å². The van der Waals surface area contributed by atoms with Crippen LogP contribution in [0.5, 0.6) is 11.5 Å². The van der Waals surface area contributed by atoms with Crippen LogP contribution in [-0.2, 0) is 16.2 Å². The van der Waals surface area contributed by atoms with E-state index < -0.39 is 18.2 Å². The van der Waals surface area contributed by atoms with Gasteiger partial charge in [0, 0.05) is 31.0 Å². The highest BCUT2D eigenvalue weighted by molar-refractivity contribution is 14.1. The number of benzene rings is 1. The number of carbonyl (C=O) groups excluding carboxylic acids is 2. The summed E-state index contributed by atoms with van der Waals surface area (Å²) in [5.74, 6) is 0.558. The Morgan fingerprint density at radius 1 is 1.18 bits per heavy atom. The second-order valence-corrected chi connectivity index (χ2v) is 11.6. The number of carbonyl (C=O) groups is 2. The van der Waals surface area contributed by atoms with Crippen LogP contribution >= 0.6 is 22.6 Å². The molecule has 3 atom stereocenters. The molecule has 0 radical (unpaired) electrons. The van der Waals surface area contributed by atoms with Gasteiger partial charge in [-0.15, -0.1) is 0 Å². The zero-order chi connectivity index (χ0) is 27.8. The van der Waals surface area contributed by atoms with Gasteiger partial charge in [0.2, 0.25) is 11.8 Å². The molecule has 0 aliphatic heterocycles. The first-order valence-electron chi connectivity index (χ1n) is 13.4. The van der Waals surface area contributed by atoms with E-state index in [0.29, 0.717) is 32.6 Å². The van der Waals surface area contributed by atoms with E-state index in [9.17, 15) is 24.9 Å². The molecule has 2 aliphatic rings. The van der Waals surface area contributed by atoms with Crippen LogP contribution in [0.4, 0.5) is 0 Å². The summed E-state index contributed by atoms with van der Waals surface area (Å²) in [4.78, 5) is 28.5. The highest BCUT2D eigenvalue weighted by Gasteiger charge is 2.43. The first-order chi connectivity index (χ1) is 18.2. The van der Waals surface area contributed by atoms with Gasteiger partial charge in [-0.25, -0.2) is 0 Å². The van der Waals surface area contributed by atoms with Crippen molar-refractivity contribution in [1.29, 1.82) is 0 Å². The van der Waals surface area contributed by atoms with Crippen LogP contribution in [-0.4, -0.2) is 76.6 Å². The number of hydrogen-bond donors (Lipinski definition) is 4. The molecule has 10 heteroatoms. The third-order valence-corrected chi connectivity index (χ3v) is 7.94. The Morgan fingerprint density at radius 2 is 1.89 bits per heavy atom. The molecule has 0 unspecified atom stereocenters. The number of methoxy groups -OCH3 is 1. The van der Waals surface area contributed by atoms with Crippen LogP contribution in [0.15, 0.2) is 23.8 Å². The number of halogens is 1. The van der Waals surface area contributed by atoms with Crippen LogP contribution in [0.3, 0.4) is 0 Å². The standard InChI is InChI=1S/C28H41IN2O7/c1-17(2)11-25(34)31(20-7-5-4-6-8-20)22-14-19(28(36)30-9-10-32)15-23(26(22)35)38-27-21(29)12-18(16-33)13-24(27)37-3/h12-13,15,17,20,22-23,26,32-33,35H,4-11,14,16H2,1-3H3,(H,30,36)/t22-,23+,26+/m1/s1. The number of aliphatic hydroxyl groups is 3. The molecule has 0 saturated heterocycles. The molecule has 2 aliphatic carbocycles. The van der Waals surface area contributed by atoms with Gasteiger partial charge in [0.15, 0.2) is 11.5 Å². The third-order valence-electron chi connectivity index (χ3n) is 7.14. The minimum atomic E-state index is -1.08. The van der Waals surface area contributed by atoms with Crippen molar-refractivity contribution in [3.63, 3.8) is 0 Å². The van der Waals surface area contributed by atoms with Crippen molar-refractivity contribution >= 4 is 34.4 Å². The summed E-state index contributed by atoms with van der Waals surface area (Å²) in [7, 11) is 1.50. The zero-order valence-electron chi connectivity index (χ0n) is 22.5. The van der Waals surface area contributed by atoms with E-state index in [1.807, 2.05) is 18.7 Å². The lowest BCUT2D eigenvalue weighted by Gasteiger charge is -2.45. The second-order valence-electron chi connectivity index (χ2n) is 10.5. The number of hydrogen-bond acceptors (Lipinski definition) is 7. The quantitative estimate of drug-likeness (QED) is 0.273. The molecule has 3 rings (SSSR count). The van der Waals surface area contributed by atoms with Gasteiger partial charge in [-0.3, -0.25) is 9.59 Å². The average Bonchev–Trinajstić information content (AvgIpc) is 2.90. The van der Waals surface area contributed by atoms with E-state index in [4.69, 9.17) is 9.47 Å². The Bertz CT molecular complexity index is 994. The van der Waals surface area contributed by atoms with Crippen molar-refractivity contribution in [3.8, 4) is 11.5 Å². The summed E-state index contributed by atoms with van der Waals surface area (Å²) in [5, 5.41) is 33.2. The fourth-order valence-electron chi connectivity index (χ4n) is 5.34. The lowest BCUT2D eigenvalue weighted by molar-refractivity contribution is -0.144. The maximum absolute atomic E-state index is 13.6. The summed E-state index contributed by atoms with van der Waals surface area (Å²) in [6.07, 6.45) is 5.03. The largest absolute Gasteiger partial charge is 0.493 e. The van der Waals surface area contributed by atoms with Gasteiger partial charge >= 0.3 is 0 Å². The smallest absolute Gasteiger partial charge is 0.247 e. The van der Waals surface area contributed by atoms with Gasteiger partial charge in [-0.1, -0.05) is 33.1 Å². The molecular formula is C28H41IN2O7. The van der Waals surface area contributed by atoms with Crippen LogP contribution in [0.2, 0.25) is 0 Å². The molecule has 2 amide bonds. The fourth-order valence-corrected chi connectivity index (χ4v) is 6.13. The van der Waals surface area contributed by atoms with E-state index in [1.165, 1.54) is 7.11 Å². The van der Waals surface area contributed by atoms with Crippen molar-refractivity contribution in [2.45, 2.75) is 89.7 Å². The van der Waals surface area contributed by atoms with Crippen molar-refractivity contribution in [1.82, 2.24) is 10.2 Å². The van der Waals surface area contributed by atoms with Crippen LogP contribution in [0.1, 0.15) is 64.4 Å². The topological polar surface area (TPSA) is 129 Å². The third kappa shape index (κ3) is 7.61. The van der Waals surface area contributed by atoms with Crippen molar-refractivity contribution in [2.24, 2.45) is 5.92 Å². The van der Waals surface area contributed by atoms with Gasteiger partial charge in [-0.05, 0) is 65.1 Å². The molecular weight excluding hydrogens is 603 g/mol. The van der Waals surface area contributed by atoms with Gasteiger partial charge in [-0.2, -0.15) is 0 Å². The molecule has 1 fully saturated rings. The number of rotatable bonds is 11. The van der Waals surface area contributed by atoms with Crippen LogP contribution < -0.4 is 14.8 Å². The first kappa shape index (κ1) is 30.6. The molecule has 212 valence electrons. The molecule has 1 aromatic rings. The summed E-state index contributed by atoms with van der Waals surface area (Å²) in [6, 6.07) is 2.79. The lowest BCUT2D eigenvalue weighted by Crippen LogP contribution is -2.58. The number of nitrogens with one attached hydrogen (secondary N) is 1. The van der Waals surface area contributed by atoms with Gasteiger partial charge in [0.25, 0.3) is 0 Å². The van der Waals surface area contributed by atoms with Gasteiger partial charge in [0.1, 0.15) is 12.2 Å². The maximum atomic E-state index is 13.6. The minimum absolute atomic E-state index is 0.00587. The Kier molecular flexibility index (Phi) is 11.7. The van der Waals surface area contributed by atoms with Crippen LogP contribution in [0.25, 0.3) is 0 Å². The molecule has 4 N–H and O–H groups in total. The Labute approximate surface area is 238 Å². The molecule has 0 bridgehead atoms. The van der Waals surface area contributed by atoms with E-state index in [-0.39, 0.29) is 50.0 Å². The van der Waals surface area contributed by atoms with E-state index in [1.54, 1.807) is 18.2 Å². The predicted molar refractivity (Wildman–Crippen MR) is 152 cm³/mol. The van der Waals surface area contributed by atoms with Crippen molar-refractivity contribution in [2.75, 3.05) is 20.3 Å². The monoisotopic (exact) mass is 644 g/mol. The molecule has 1 aromatic carbocycles. The van der Waals surface area contributed by atoms with Crippen molar-refractivity contribution < 1.29 is 34.4 Å². The summed E-state index contributed by atoms with van der Waals surface area (Å²) in [6.45, 7) is 3.74. The molecule has 0 heterocycles. The number of amides is 2. The number of ether oxygens (including phenoxy) is 2. The number of nitrogens with zero attached hydrogens (tertiary/aromatic N) is 1. The molecule has 0 aromatic heterocycles. The van der Waals surface area contributed by atoms with Gasteiger partial charge in [0.05, 0.1) is 29.9 Å². The summed E-state index contributed by atoms with van der Waals surface area (Å²) >= 11 is 2.09. The zero-order valence-corrected chi connectivity index (χ0v) is 24.6. The molecule has 1 saturated carbocycles. The highest BCUT2D eigenvalue weighted by Crippen LogP contribution is 2.38. The number of aliphatic hydroxyl groups excluding tert-OH is 3. The summed E-state index contributed by atoms with van der Waals surface area (Å²) in [5.41, 5.74) is 1.06. The normalized spacial score (nSPS) is 22.1. The Balaban J connectivity index is 2.02. The molecule has 9 nitrogen and oxygen atoms in total. The second kappa shape index (κ2) is 14.5. The minimum Gasteiger partial charge on any atom is -0.493 e. The predicted octanol–water partition coefficient (Wildman–Crippen LogP) is 2.92. The highest BCUT2D eigenvalue weighted by atomic mass is 127. The fraction of sp³-hybridized carbons (Fsp3) is 0.643.